The van der Waals surface area contributed by atoms with Gasteiger partial charge in [0.25, 0.3) is 27.2 Å². The van der Waals surface area contributed by atoms with Gasteiger partial charge in [-0.05, 0) is 17.7 Å². The highest BCUT2D eigenvalue weighted by Crippen LogP contribution is 2.33. The second-order valence-electron chi connectivity index (χ2n) is 4.99. The summed E-state index contributed by atoms with van der Waals surface area (Å²) < 4.78 is 32.2. The number of nitrogens with zero attached hydrogens (tertiary/aromatic N) is 3. The molecule has 0 aliphatic heterocycles. The standard InChI is InChI=1S/C13H9N3O9S/c17-14(18)9-4-5-13(26(23,24)25)8(6-9)7-10-11(15(19)20)2-1-3-12(10)16(21)22/h1-6H,7H2,(H,23,24,25). The molecule has 2 rings (SSSR count). The maximum absolute atomic E-state index is 11.5. The Morgan fingerprint density at radius 3 is 1.85 bits per heavy atom. The van der Waals surface area contributed by atoms with Crippen molar-refractivity contribution in [3.05, 3.63) is 77.9 Å². The van der Waals surface area contributed by atoms with Crippen LogP contribution in [0, 0.1) is 30.3 Å². The molecule has 13 heteroatoms. The zero-order valence-corrected chi connectivity index (χ0v) is 13.5. The number of benzene rings is 2. The summed E-state index contributed by atoms with van der Waals surface area (Å²) in [5.41, 5.74) is -2.71. The van der Waals surface area contributed by atoms with Crippen LogP contribution < -0.4 is 0 Å². The van der Waals surface area contributed by atoms with Gasteiger partial charge in [0, 0.05) is 30.7 Å². The third kappa shape index (κ3) is 3.79. The van der Waals surface area contributed by atoms with Crippen LogP contribution in [0.5, 0.6) is 0 Å². The number of non-ortho nitro benzene ring substituents is 1. The highest BCUT2D eigenvalue weighted by molar-refractivity contribution is 7.85. The molecule has 0 fully saturated rings. The first-order valence-corrected chi connectivity index (χ1v) is 8.12. The maximum atomic E-state index is 11.5. The van der Waals surface area contributed by atoms with Gasteiger partial charge in [0.2, 0.25) is 0 Å². The molecule has 0 saturated heterocycles. The minimum atomic E-state index is -4.82. The Bertz CT molecular complexity index is 1000. The van der Waals surface area contributed by atoms with Gasteiger partial charge in [-0.1, -0.05) is 0 Å². The van der Waals surface area contributed by atoms with Gasteiger partial charge in [-0.3, -0.25) is 34.9 Å². The average Bonchev–Trinajstić information content (AvgIpc) is 2.53. The Morgan fingerprint density at radius 1 is 0.885 bits per heavy atom. The maximum Gasteiger partial charge on any atom is 0.294 e. The number of rotatable bonds is 6. The van der Waals surface area contributed by atoms with Crippen molar-refractivity contribution in [2.75, 3.05) is 0 Å². The summed E-state index contributed by atoms with van der Waals surface area (Å²) >= 11 is 0. The molecule has 136 valence electrons. The number of nitro benzene ring substituents is 3. The molecule has 0 amide bonds. The normalized spacial score (nSPS) is 11.1. The quantitative estimate of drug-likeness (QED) is 0.443. The molecule has 12 nitrogen and oxygen atoms in total. The van der Waals surface area contributed by atoms with Gasteiger partial charge in [0.1, 0.15) is 5.56 Å². The van der Waals surface area contributed by atoms with E-state index in [9.17, 15) is 43.3 Å². The van der Waals surface area contributed by atoms with Crippen molar-refractivity contribution in [1.29, 1.82) is 0 Å². The van der Waals surface area contributed by atoms with E-state index in [4.69, 9.17) is 0 Å². The molecule has 0 aromatic heterocycles. The van der Waals surface area contributed by atoms with Gasteiger partial charge in [-0.25, -0.2) is 0 Å². The molecule has 0 radical (unpaired) electrons. The van der Waals surface area contributed by atoms with Crippen LogP contribution in [0.4, 0.5) is 17.1 Å². The van der Waals surface area contributed by atoms with Gasteiger partial charge in [0.05, 0.1) is 19.7 Å². The first-order valence-electron chi connectivity index (χ1n) is 6.68. The lowest BCUT2D eigenvalue weighted by Gasteiger charge is -2.08. The van der Waals surface area contributed by atoms with Crippen LogP contribution in [0.1, 0.15) is 11.1 Å². The predicted molar refractivity (Wildman–Crippen MR) is 85.5 cm³/mol. The SMILES string of the molecule is O=[N+]([O-])c1ccc(S(=O)(=O)O)c(Cc2c([N+](=O)[O-])cccc2[N+](=O)[O-])c1. The lowest BCUT2D eigenvalue weighted by molar-refractivity contribution is -0.395. The second kappa shape index (κ2) is 6.81. The van der Waals surface area contributed by atoms with Crippen molar-refractivity contribution in [3.63, 3.8) is 0 Å². The van der Waals surface area contributed by atoms with Gasteiger partial charge in [0.15, 0.2) is 0 Å². The first kappa shape index (κ1) is 18.9. The summed E-state index contributed by atoms with van der Waals surface area (Å²) in [5, 5.41) is 33.2. The van der Waals surface area contributed by atoms with Gasteiger partial charge < -0.3 is 0 Å². The fraction of sp³-hybridized carbons (Fsp3) is 0.0769. The van der Waals surface area contributed by atoms with E-state index in [2.05, 4.69) is 0 Å². The van der Waals surface area contributed by atoms with E-state index < -0.39 is 58.8 Å². The van der Waals surface area contributed by atoms with Crippen molar-refractivity contribution in [2.45, 2.75) is 11.3 Å². The van der Waals surface area contributed by atoms with E-state index in [1.54, 1.807) is 0 Å². The molecule has 0 saturated carbocycles. The number of hydrogen-bond acceptors (Lipinski definition) is 8. The molecule has 0 bridgehead atoms. The predicted octanol–water partition coefficient (Wildman–Crippen LogP) is 2.25. The van der Waals surface area contributed by atoms with Crippen LogP contribution in [0.2, 0.25) is 0 Å². The molecule has 0 heterocycles. The van der Waals surface area contributed by atoms with Crippen molar-refractivity contribution in [3.8, 4) is 0 Å². The smallest absolute Gasteiger partial charge is 0.282 e. The Kier molecular flexibility index (Phi) is 4.95. The third-order valence-electron chi connectivity index (χ3n) is 3.42. The Hall–Kier alpha value is -3.45. The summed E-state index contributed by atoms with van der Waals surface area (Å²) in [6.07, 6.45) is -0.690. The van der Waals surface area contributed by atoms with Crippen LogP contribution >= 0.6 is 0 Å². The lowest BCUT2D eigenvalue weighted by Crippen LogP contribution is -2.07. The molecule has 26 heavy (non-hydrogen) atoms. The summed E-state index contributed by atoms with van der Waals surface area (Å²) in [7, 11) is -4.82. The molecule has 1 N–H and O–H groups in total. The van der Waals surface area contributed by atoms with Crippen LogP contribution in [0.15, 0.2) is 41.3 Å². The Balaban J connectivity index is 2.76. The Morgan fingerprint density at radius 2 is 1.42 bits per heavy atom. The molecular formula is C13H9N3O9S. The first-order chi connectivity index (χ1) is 12.0. The second-order valence-corrected chi connectivity index (χ2v) is 6.38. The summed E-state index contributed by atoms with van der Waals surface area (Å²) in [6.45, 7) is 0. The van der Waals surface area contributed by atoms with Crippen LogP contribution in [-0.2, 0) is 16.5 Å². The lowest BCUT2D eigenvalue weighted by atomic mass is 10.0. The third-order valence-corrected chi connectivity index (χ3v) is 4.37. The Labute approximate surface area is 144 Å². The molecule has 0 spiro atoms. The summed E-state index contributed by atoms with van der Waals surface area (Å²) in [6, 6.07) is 5.39. The van der Waals surface area contributed by atoms with Gasteiger partial charge in [-0.2, -0.15) is 8.42 Å². The van der Waals surface area contributed by atoms with Crippen molar-refractivity contribution < 1.29 is 27.7 Å². The fourth-order valence-electron chi connectivity index (χ4n) is 2.35. The number of nitro groups is 3. The molecule has 0 atom stereocenters. The largest absolute Gasteiger partial charge is 0.294 e. The van der Waals surface area contributed by atoms with Gasteiger partial charge >= 0.3 is 0 Å². The molecule has 0 aliphatic carbocycles. The van der Waals surface area contributed by atoms with E-state index >= 15 is 0 Å². The zero-order valence-electron chi connectivity index (χ0n) is 12.6. The number of hydrogen-bond donors (Lipinski definition) is 1. The van der Waals surface area contributed by atoms with Crippen molar-refractivity contribution in [1.82, 2.24) is 0 Å². The summed E-state index contributed by atoms with van der Waals surface area (Å²) in [5.74, 6) is 0. The average molecular weight is 383 g/mol. The van der Waals surface area contributed by atoms with Crippen LogP contribution in [0.25, 0.3) is 0 Å². The monoisotopic (exact) mass is 383 g/mol. The topological polar surface area (TPSA) is 184 Å². The fourth-order valence-corrected chi connectivity index (χ4v) is 3.05. The highest BCUT2D eigenvalue weighted by atomic mass is 32.2. The van der Waals surface area contributed by atoms with Crippen molar-refractivity contribution in [2.24, 2.45) is 0 Å². The minimum absolute atomic E-state index is 0.390. The molecule has 2 aromatic rings. The minimum Gasteiger partial charge on any atom is -0.282 e. The van der Waals surface area contributed by atoms with Crippen LogP contribution in [-0.4, -0.2) is 27.7 Å². The van der Waals surface area contributed by atoms with E-state index in [0.29, 0.717) is 0 Å². The van der Waals surface area contributed by atoms with Gasteiger partial charge in [-0.15, -0.1) is 0 Å². The molecule has 0 unspecified atom stereocenters. The molecule has 2 aromatic carbocycles. The molecule has 0 aliphatic rings. The zero-order chi connectivity index (χ0) is 19.6. The van der Waals surface area contributed by atoms with Crippen molar-refractivity contribution >= 4 is 27.2 Å². The van der Waals surface area contributed by atoms with E-state index in [1.165, 1.54) is 0 Å². The van der Waals surface area contributed by atoms with E-state index in [-0.39, 0.29) is 5.56 Å². The highest BCUT2D eigenvalue weighted by Gasteiger charge is 2.28. The van der Waals surface area contributed by atoms with Crippen LogP contribution in [0.3, 0.4) is 0 Å². The van der Waals surface area contributed by atoms with E-state index in [1.807, 2.05) is 0 Å². The summed E-state index contributed by atoms with van der Waals surface area (Å²) in [4.78, 5) is 29.8. The molecular weight excluding hydrogens is 374 g/mol. The van der Waals surface area contributed by atoms with E-state index in [0.717, 1.165) is 36.4 Å².